The Morgan fingerprint density at radius 3 is 2.62 bits per heavy atom. The van der Waals surface area contributed by atoms with Crippen LogP contribution < -0.4 is 5.32 Å². The van der Waals surface area contributed by atoms with Crippen LogP contribution in [0.25, 0.3) is 10.9 Å². The van der Waals surface area contributed by atoms with Crippen molar-refractivity contribution in [3.05, 3.63) is 71.4 Å². The Morgan fingerprint density at radius 1 is 1.10 bits per heavy atom. The second kappa shape index (κ2) is 7.72. The number of aromatic nitrogens is 1. The molecular formula is C23H26N4O2. The zero-order valence-corrected chi connectivity index (χ0v) is 17.0. The Bertz CT molecular complexity index is 1060. The van der Waals surface area contributed by atoms with Crippen molar-refractivity contribution in [2.45, 2.75) is 12.0 Å². The van der Waals surface area contributed by atoms with Crippen molar-refractivity contribution in [2.24, 2.45) is 0 Å². The van der Waals surface area contributed by atoms with Gasteiger partial charge < -0.3 is 20.1 Å². The maximum atomic E-state index is 13.4. The van der Waals surface area contributed by atoms with Crippen LogP contribution in [0.2, 0.25) is 0 Å². The first-order valence-corrected chi connectivity index (χ1v) is 9.83. The predicted molar refractivity (Wildman–Crippen MR) is 114 cm³/mol. The number of hydrogen-bond donors (Lipinski definition) is 2. The molecule has 1 aliphatic heterocycles. The first-order valence-electron chi connectivity index (χ1n) is 9.83. The monoisotopic (exact) mass is 390 g/mol. The van der Waals surface area contributed by atoms with Gasteiger partial charge in [0.25, 0.3) is 5.91 Å². The Hall–Kier alpha value is -3.12. The number of carbonyl (C=O) groups excluding carboxylic acids is 2. The van der Waals surface area contributed by atoms with Crippen molar-refractivity contribution in [1.82, 2.24) is 20.1 Å². The number of H-pyrrole nitrogens is 1. The molecule has 0 saturated carbocycles. The van der Waals surface area contributed by atoms with E-state index in [1.165, 1.54) is 0 Å². The van der Waals surface area contributed by atoms with Crippen LogP contribution in [-0.2, 0) is 4.79 Å². The molecule has 0 fully saturated rings. The lowest BCUT2D eigenvalue weighted by atomic mass is 9.79. The number of carbonyl (C=O) groups is 2. The summed E-state index contributed by atoms with van der Waals surface area (Å²) in [5.41, 5.74) is 3.33. The highest BCUT2D eigenvalue weighted by atomic mass is 16.2. The molecule has 0 spiro atoms. The number of rotatable bonds is 5. The largest absolute Gasteiger partial charge is 0.361 e. The lowest BCUT2D eigenvalue weighted by Gasteiger charge is -2.39. The Balaban J connectivity index is 1.80. The van der Waals surface area contributed by atoms with Gasteiger partial charge in [-0.1, -0.05) is 36.4 Å². The van der Waals surface area contributed by atoms with Gasteiger partial charge >= 0.3 is 0 Å². The average molecular weight is 390 g/mol. The third kappa shape index (κ3) is 3.40. The summed E-state index contributed by atoms with van der Waals surface area (Å²) in [5, 5.41) is 4.10. The minimum atomic E-state index is -0.477. The van der Waals surface area contributed by atoms with Crippen LogP contribution in [0.15, 0.2) is 54.7 Å². The van der Waals surface area contributed by atoms with E-state index in [1.54, 1.807) is 18.0 Å². The van der Waals surface area contributed by atoms with E-state index in [9.17, 15) is 9.59 Å². The van der Waals surface area contributed by atoms with E-state index in [1.807, 2.05) is 67.7 Å². The predicted octanol–water partition coefficient (Wildman–Crippen LogP) is 2.76. The second-order valence-electron chi connectivity index (χ2n) is 7.81. The van der Waals surface area contributed by atoms with E-state index in [4.69, 9.17) is 0 Å². The van der Waals surface area contributed by atoms with Crippen molar-refractivity contribution < 1.29 is 9.59 Å². The molecule has 2 amide bonds. The highest BCUT2D eigenvalue weighted by Gasteiger charge is 2.43. The molecule has 1 aromatic heterocycles. The van der Waals surface area contributed by atoms with E-state index < -0.39 is 5.92 Å². The number of likely N-dealkylation sites (N-methyl/N-ethyl adjacent to an activating group) is 2. The second-order valence-corrected chi connectivity index (χ2v) is 7.81. The number of fused-ring (bicyclic) bond motifs is 2. The van der Waals surface area contributed by atoms with Gasteiger partial charge in [0.15, 0.2) is 0 Å². The maximum Gasteiger partial charge on any atom is 0.254 e. The lowest BCUT2D eigenvalue weighted by Crippen LogP contribution is -2.46. The van der Waals surface area contributed by atoms with E-state index in [0.717, 1.165) is 28.6 Å². The normalized spacial score (nSPS) is 18.9. The third-order valence-electron chi connectivity index (χ3n) is 5.66. The maximum absolute atomic E-state index is 13.4. The molecule has 6 nitrogen and oxygen atoms in total. The van der Waals surface area contributed by atoms with Crippen LogP contribution in [0, 0.1) is 0 Å². The average Bonchev–Trinajstić information content (AvgIpc) is 3.14. The van der Waals surface area contributed by atoms with Gasteiger partial charge in [0, 0.05) is 48.4 Å². The van der Waals surface area contributed by atoms with Crippen LogP contribution in [0.3, 0.4) is 0 Å². The first kappa shape index (κ1) is 19.2. The molecule has 6 heteroatoms. The number of para-hydroxylation sites is 1. The van der Waals surface area contributed by atoms with Crippen molar-refractivity contribution in [2.75, 3.05) is 34.2 Å². The summed E-state index contributed by atoms with van der Waals surface area (Å²) >= 11 is 0. The smallest absolute Gasteiger partial charge is 0.254 e. The van der Waals surface area contributed by atoms with E-state index in [0.29, 0.717) is 12.1 Å². The number of amides is 2. The van der Waals surface area contributed by atoms with Crippen molar-refractivity contribution in [3.8, 4) is 0 Å². The number of benzene rings is 2. The summed E-state index contributed by atoms with van der Waals surface area (Å²) in [4.78, 5) is 33.5. The fourth-order valence-corrected chi connectivity index (χ4v) is 4.20. The molecular weight excluding hydrogens is 364 g/mol. The fourth-order valence-electron chi connectivity index (χ4n) is 4.20. The topological polar surface area (TPSA) is 68.4 Å². The summed E-state index contributed by atoms with van der Waals surface area (Å²) in [6.07, 6.45) is 1.92. The zero-order valence-electron chi connectivity index (χ0n) is 17.0. The minimum absolute atomic E-state index is 0.0612. The van der Waals surface area contributed by atoms with Crippen LogP contribution in [0.5, 0.6) is 0 Å². The Morgan fingerprint density at radius 2 is 1.83 bits per heavy atom. The van der Waals surface area contributed by atoms with E-state index in [2.05, 4.69) is 10.3 Å². The highest BCUT2D eigenvalue weighted by Crippen LogP contribution is 2.43. The number of hydrogen-bond acceptors (Lipinski definition) is 3. The molecule has 0 saturated heterocycles. The Labute approximate surface area is 170 Å². The van der Waals surface area contributed by atoms with Gasteiger partial charge in [0.05, 0.1) is 12.0 Å². The standard InChI is InChI=1S/C23H26N4O2/c1-26(2)13-12-24-22(28)20-16-9-4-5-10-17(16)23(29)27(3)21(20)18-14-25-19-11-7-6-8-15(18)19/h4-11,14,20-21,25H,12-13H2,1-3H3,(H,24,28)/t20-,21+/m0/s1. The molecule has 2 atom stereocenters. The molecule has 4 rings (SSSR count). The number of aromatic amines is 1. The highest BCUT2D eigenvalue weighted by molar-refractivity contribution is 6.02. The van der Waals surface area contributed by atoms with Gasteiger partial charge in [-0.3, -0.25) is 9.59 Å². The van der Waals surface area contributed by atoms with Crippen LogP contribution in [0.4, 0.5) is 0 Å². The summed E-state index contributed by atoms with van der Waals surface area (Å²) in [5.74, 6) is -0.600. The minimum Gasteiger partial charge on any atom is -0.361 e. The molecule has 0 unspecified atom stereocenters. The molecule has 150 valence electrons. The molecule has 0 radical (unpaired) electrons. The SMILES string of the molecule is CN(C)CCNC(=O)[C@H]1c2ccccc2C(=O)N(C)[C@@H]1c1c[nH]c2ccccc12. The molecule has 0 aliphatic carbocycles. The van der Waals surface area contributed by atoms with E-state index >= 15 is 0 Å². The molecule has 1 aliphatic rings. The van der Waals surface area contributed by atoms with Gasteiger partial charge in [-0.2, -0.15) is 0 Å². The molecule has 29 heavy (non-hydrogen) atoms. The number of nitrogens with one attached hydrogen (secondary N) is 2. The van der Waals surface area contributed by atoms with Crippen molar-refractivity contribution >= 4 is 22.7 Å². The van der Waals surface area contributed by atoms with E-state index in [-0.39, 0.29) is 17.9 Å². The first-order chi connectivity index (χ1) is 14.0. The summed E-state index contributed by atoms with van der Waals surface area (Å²) < 4.78 is 0. The van der Waals surface area contributed by atoms with Gasteiger partial charge in [-0.25, -0.2) is 0 Å². The van der Waals surface area contributed by atoms with Crippen LogP contribution >= 0.6 is 0 Å². The summed E-state index contributed by atoms with van der Waals surface area (Å²) in [6, 6.07) is 15.0. The third-order valence-corrected chi connectivity index (χ3v) is 5.66. The van der Waals surface area contributed by atoms with Crippen LogP contribution in [-0.4, -0.2) is 60.8 Å². The Kier molecular flexibility index (Phi) is 5.11. The molecule has 3 aromatic rings. The lowest BCUT2D eigenvalue weighted by molar-refractivity contribution is -0.124. The zero-order chi connectivity index (χ0) is 20.5. The van der Waals surface area contributed by atoms with Gasteiger partial charge in [-0.05, 0) is 31.8 Å². The van der Waals surface area contributed by atoms with Crippen LogP contribution in [0.1, 0.15) is 33.4 Å². The summed E-state index contributed by atoms with van der Waals surface area (Å²) in [6.45, 7) is 1.31. The molecule has 0 bridgehead atoms. The van der Waals surface area contributed by atoms with Gasteiger partial charge in [0.2, 0.25) is 5.91 Å². The van der Waals surface area contributed by atoms with Crippen molar-refractivity contribution in [3.63, 3.8) is 0 Å². The van der Waals surface area contributed by atoms with Gasteiger partial charge in [0.1, 0.15) is 0 Å². The summed E-state index contributed by atoms with van der Waals surface area (Å²) in [7, 11) is 5.73. The molecule has 2 heterocycles. The van der Waals surface area contributed by atoms with Crippen molar-refractivity contribution in [1.29, 1.82) is 0 Å². The molecule has 2 aromatic carbocycles. The number of nitrogens with zero attached hydrogens (tertiary/aromatic N) is 2. The van der Waals surface area contributed by atoms with Gasteiger partial charge in [-0.15, -0.1) is 0 Å². The quantitative estimate of drug-likeness (QED) is 0.704. The fraction of sp³-hybridized carbons (Fsp3) is 0.304. The molecule has 2 N–H and O–H groups in total.